The molecule has 0 aliphatic rings. The van der Waals surface area contributed by atoms with Gasteiger partial charge in [-0.05, 0) is 32.0 Å². The molecule has 0 bridgehead atoms. The number of nitro groups is 1. The Labute approximate surface area is 138 Å². The number of carbonyl (C=O) groups excluding carboxylic acids is 1. The van der Waals surface area contributed by atoms with Crippen molar-refractivity contribution in [1.29, 1.82) is 0 Å². The highest BCUT2D eigenvalue weighted by atomic mass is 16.6. The Morgan fingerprint density at radius 2 is 1.96 bits per heavy atom. The molecule has 6 heteroatoms. The third-order valence-electron chi connectivity index (χ3n) is 3.97. The standard InChI is InChI=1S/C18H16N2O4/c1-11-14(7-5-8-15(11)20(22)23)18(21)19-12(2)17-10-13-6-3-4-9-16(13)24-17/h3-10,12H,1-2H3,(H,19,21)/t12-/m1/s1. The lowest BCUT2D eigenvalue weighted by atomic mass is 10.1. The van der Waals surface area contributed by atoms with Crippen LogP contribution >= 0.6 is 0 Å². The second-order valence-corrected chi connectivity index (χ2v) is 5.59. The Balaban J connectivity index is 1.84. The molecule has 0 radical (unpaired) electrons. The minimum absolute atomic E-state index is 0.0703. The fraction of sp³-hybridized carbons (Fsp3) is 0.167. The molecule has 0 aliphatic carbocycles. The van der Waals surface area contributed by atoms with Crippen LogP contribution in [0.1, 0.15) is 34.6 Å². The van der Waals surface area contributed by atoms with Crippen LogP contribution in [0.3, 0.4) is 0 Å². The number of fused-ring (bicyclic) bond motifs is 1. The molecular formula is C18H16N2O4. The maximum Gasteiger partial charge on any atom is 0.273 e. The molecule has 122 valence electrons. The molecule has 1 heterocycles. The molecular weight excluding hydrogens is 308 g/mol. The van der Waals surface area contributed by atoms with Gasteiger partial charge >= 0.3 is 0 Å². The number of nitro benzene ring substituents is 1. The fourth-order valence-electron chi connectivity index (χ4n) is 2.63. The first-order valence-electron chi connectivity index (χ1n) is 7.50. The summed E-state index contributed by atoms with van der Waals surface area (Å²) < 4.78 is 5.74. The zero-order valence-corrected chi connectivity index (χ0v) is 13.3. The van der Waals surface area contributed by atoms with Gasteiger partial charge < -0.3 is 9.73 Å². The number of para-hydroxylation sites is 1. The van der Waals surface area contributed by atoms with Gasteiger partial charge in [-0.15, -0.1) is 0 Å². The molecule has 3 aromatic rings. The van der Waals surface area contributed by atoms with Crippen LogP contribution in [0.15, 0.2) is 52.9 Å². The van der Waals surface area contributed by atoms with E-state index in [4.69, 9.17) is 4.42 Å². The molecule has 0 spiro atoms. The van der Waals surface area contributed by atoms with E-state index in [1.165, 1.54) is 12.1 Å². The third kappa shape index (κ3) is 2.86. The van der Waals surface area contributed by atoms with Crippen LogP contribution in [0.2, 0.25) is 0 Å². The maximum absolute atomic E-state index is 12.5. The van der Waals surface area contributed by atoms with Crippen LogP contribution in [-0.2, 0) is 0 Å². The highest BCUT2D eigenvalue weighted by Crippen LogP contribution is 2.25. The molecule has 0 saturated heterocycles. The molecule has 0 fully saturated rings. The molecule has 0 unspecified atom stereocenters. The lowest BCUT2D eigenvalue weighted by Crippen LogP contribution is -2.27. The predicted molar refractivity (Wildman–Crippen MR) is 89.9 cm³/mol. The average Bonchev–Trinajstić information content (AvgIpc) is 2.98. The van der Waals surface area contributed by atoms with Gasteiger partial charge in [-0.1, -0.05) is 24.3 Å². The van der Waals surface area contributed by atoms with Gasteiger partial charge in [0.05, 0.1) is 11.0 Å². The Morgan fingerprint density at radius 3 is 2.67 bits per heavy atom. The summed E-state index contributed by atoms with van der Waals surface area (Å²) >= 11 is 0. The quantitative estimate of drug-likeness (QED) is 0.577. The molecule has 6 nitrogen and oxygen atoms in total. The highest BCUT2D eigenvalue weighted by Gasteiger charge is 2.20. The minimum atomic E-state index is -0.491. The van der Waals surface area contributed by atoms with Crippen LogP contribution in [0.5, 0.6) is 0 Å². The van der Waals surface area contributed by atoms with Crippen LogP contribution in [-0.4, -0.2) is 10.8 Å². The zero-order valence-electron chi connectivity index (χ0n) is 13.3. The number of benzene rings is 2. The zero-order chi connectivity index (χ0) is 17.3. The highest BCUT2D eigenvalue weighted by molar-refractivity contribution is 5.96. The van der Waals surface area contributed by atoms with Crippen molar-refractivity contribution in [2.45, 2.75) is 19.9 Å². The monoisotopic (exact) mass is 324 g/mol. The van der Waals surface area contributed by atoms with E-state index < -0.39 is 4.92 Å². The first-order valence-corrected chi connectivity index (χ1v) is 7.50. The topological polar surface area (TPSA) is 85.4 Å². The van der Waals surface area contributed by atoms with Gasteiger partial charge in [-0.25, -0.2) is 0 Å². The summed E-state index contributed by atoms with van der Waals surface area (Å²) in [4.78, 5) is 23.0. The molecule has 2 aromatic carbocycles. The second kappa shape index (κ2) is 6.16. The SMILES string of the molecule is Cc1c(C(=O)N[C@H](C)c2cc3ccccc3o2)cccc1[N+](=O)[O-]. The first-order chi connectivity index (χ1) is 11.5. The summed E-state index contributed by atoms with van der Waals surface area (Å²) in [6.07, 6.45) is 0. The van der Waals surface area contributed by atoms with E-state index in [-0.39, 0.29) is 23.2 Å². The number of furan rings is 1. The van der Waals surface area contributed by atoms with Crippen molar-refractivity contribution < 1.29 is 14.1 Å². The molecule has 3 rings (SSSR count). The summed E-state index contributed by atoms with van der Waals surface area (Å²) in [5.74, 6) is 0.261. The summed E-state index contributed by atoms with van der Waals surface area (Å²) in [6, 6.07) is 13.6. The maximum atomic E-state index is 12.5. The number of amides is 1. The largest absolute Gasteiger partial charge is 0.459 e. The van der Waals surface area contributed by atoms with E-state index >= 15 is 0 Å². The number of nitrogens with one attached hydrogen (secondary N) is 1. The van der Waals surface area contributed by atoms with Crippen molar-refractivity contribution in [3.8, 4) is 0 Å². The van der Waals surface area contributed by atoms with Gasteiger partial charge in [0.15, 0.2) is 0 Å². The minimum Gasteiger partial charge on any atom is -0.459 e. The Hall–Kier alpha value is -3.15. The smallest absolute Gasteiger partial charge is 0.273 e. The van der Waals surface area contributed by atoms with Gasteiger partial charge in [0, 0.05) is 22.6 Å². The summed E-state index contributed by atoms with van der Waals surface area (Å²) in [5.41, 5.74) is 1.31. The normalized spacial score (nSPS) is 12.1. The Morgan fingerprint density at radius 1 is 1.21 bits per heavy atom. The van der Waals surface area contributed by atoms with Crippen molar-refractivity contribution in [1.82, 2.24) is 5.32 Å². The molecule has 0 saturated carbocycles. The van der Waals surface area contributed by atoms with E-state index in [1.54, 1.807) is 13.0 Å². The van der Waals surface area contributed by atoms with Crippen molar-refractivity contribution in [3.63, 3.8) is 0 Å². The number of hydrogen-bond donors (Lipinski definition) is 1. The van der Waals surface area contributed by atoms with Crippen LogP contribution in [0.25, 0.3) is 11.0 Å². The van der Waals surface area contributed by atoms with Crippen LogP contribution in [0.4, 0.5) is 5.69 Å². The molecule has 1 amide bonds. The van der Waals surface area contributed by atoms with Crippen molar-refractivity contribution in [2.24, 2.45) is 0 Å². The number of hydrogen-bond acceptors (Lipinski definition) is 4. The van der Waals surface area contributed by atoms with Gasteiger partial charge in [0.1, 0.15) is 11.3 Å². The van der Waals surface area contributed by atoms with Gasteiger partial charge in [-0.3, -0.25) is 14.9 Å². The lowest BCUT2D eigenvalue weighted by molar-refractivity contribution is -0.385. The molecule has 1 atom stereocenters. The van der Waals surface area contributed by atoms with Crippen molar-refractivity contribution in [3.05, 3.63) is 75.5 Å². The molecule has 24 heavy (non-hydrogen) atoms. The third-order valence-corrected chi connectivity index (χ3v) is 3.97. The predicted octanol–water partition coefficient (Wildman–Crippen LogP) is 4.14. The van der Waals surface area contributed by atoms with E-state index in [2.05, 4.69) is 5.32 Å². The van der Waals surface area contributed by atoms with Crippen molar-refractivity contribution in [2.75, 3.05) is 0 Å². The molecule has 1 N–H and O–H groups in total. The van der Waals surface area contributed by atoms with E-state index in [1.807, 2.05) is 37.3 Å². The Bertz CT molecular complexity index is 897. The van der Waals surface area contributed by atoms with Gasteiger partial charge in [0.2, 0.25) is 0 Å². The van der Waals surface area contributed by atoms with Crippen LogP contribution in [0, 0.1) is 17.0 Å². The molecule has 1 aromatic heterocycles. The fourth-order valence-corrected chi connectivity index (χ4v) is 2.63. The van der Waals surface area contributed by atoms with Gasteiger partial charge in [0.25, 0.3) is 11.6 Å². The average molecular weight is 324 g/mol. The summed E-state index contributed by atoms with van der Waals surface area (Å²) in [7, 11) is 0. The Kier molecular flexibility index (Phi) is 4.04. The van der Waals surface area contributed by atoms with E-state index in [0.717, 1.165) is 11.0 Å². The van der Waals surface area contributed by atoms with E-state index in [9.17, 15) is 14.9 Å². The number of nitrogens with zero attached hydrogens (tertiary/aromatic N) is 1. The number of carbonyl (C=O) groups is 1. The first kappa shape index (κ1) is 15.7. The summed E-state index contributed by atoms with van der Waals surface area (Å²) in [6.45, 7) is 3.38. The summed E-state index contributed by atoms with van der Waals surface area (Å²) in [5, 5.41) is 14.8. The van der Waals surface area contributed by atoms with Crippen molar-refractivity contribution >= 4 is 22.6 Å². The van der Waals surface area contributed by atoms with Gasteiger partial charge in [-0.2, -0.15) is 0 Å². The molecule has 0 aliphatic heterocycles. The van der Waals surface area contributed by atoms with Crippen LogP contribution < -0.4 is 5.32 Å². The van der Waals surface area contributed by atoms with E-state index in [0.29, 0.717) is 11.3 Å². The second-order valence-electron chi connectivity index (χ2n) is 5.59. The lowest BCUT2D eigenvalue weighted by Gasteiger charge is -2.12. The number of rotatable bonds is 4.